The first-order valence-corrected chi connectivity index (χ1v) is 13.1. The van der Waals surface area contributed by atoms with Crippen LogP contribution in [0.2, 0.25) is 10.0 Å². The number of rotatable bonds is 19. The third-order valence-electron chi connectivity index (χ3n) is 5.41. The summed E-state index contributed by atoms with van der Waals surface area (Å²) >= 11 is 11.9. The average Bonchev–Trinajstić information content (AvgIpc) is 2.77. The Hall–Kier alpha value is -1.26. The smallest absolute Gasteiger partial charge is 0.311 e. The van der Waals surface area contributed by atoms with Crippen molar-refractivity contribution in [3.05, 3.63) is 28.2 Å². The lowest BCUT2D eigenvalue weighted by Crippen LogP contribution is -2.07. The maximum atomic E-state index is 11.9. The molecule has 1 rings (SSSR count). The second-order valence-electron chi connectivity index (χ2n) is 8.34. The highest BCUT2D eigenvalue weighted by Crippen LogP contribution is 2.31. The molecule has 0 aliphatic rings. The predicted molar refractivity (Wildman–Crippen MR) is 133 cm³/mol. The van der Waals surface area contributed by atoms with Gasteiger partial charge in [-0.15, -0.1) is 0 Å². The fourth-order valence-corrected chi connectivity index (χ4v) is 3.81. The zero-order chi connectivity index (χ0) is 23.4. The Balaban J connectivity index is 1.89. The fraction of sp³-hybridized carbons (Fsp3) is 0.692. The average molecular weight is 488 g/mol. The zero-order valence-corrected chi connectivity index (χ0v) is 21.2. The van der Waals surface area contributed by atoms with Crippen molar-refractivity contribution >= 4 is 35.1 Å². The van der Waals surface area contributed by atoms with Gasteiger partial charge in [0.25, 0.3) is 0 Å². The van der Waals surface area contributed by atoms with Gasteiger partial charge in [-0.2, -0.15) is 0 Å². The van der Waals surface area contributed by atoms with E-state index in [-0.39, 0.29) is 17.0 Å². The van der Waals surface area contributed by atoms with E-state index in [4.69, 9.17) is 32.7 Å². The first kappa shape index (κ1) is 28.8. The van der Waals surface area contributed by atoms with Crippen LogP contribution < -0.4 is 4.74 Å². The first-order chi connectivity index (χ1) is 15.5. The molecule has 0 amide bonds. The summed E-state index contributed by atoms with van der Waals surface area (Å²) in [5.41, 5.74) is 0. The van der Waals surface area contributed by atoms with Gasteiger partial charge in [-0.25, -0.2) is 0 Å². The van der Waals surface area contributed by atoms with Crippen LogP contribution in [0.5, 0.6) is 5.75 Å². The molecule has 32 heavy (non-hydrogen) atoms. The summed E-state index contributed by atoms with van der Waals surface area (Å²) in [6.45, 7) is 2.79. The van der Waals surface area contributed by atoms with Crippen LogP contribution in [0, 0.1) is 0 Å². The quantitative estimate of drug-likeness (QED) is 0.111. The minimum Gasteiger partial charge on any atom is -0.466 e. The summed E-state index contributed by atoms with van der Waals surface area (Å²) in [7, 11) is 0. The van der Waals surface area contributed by atoms with Crippen LogP contribution in [-0.4, -0.2) is 18.5 Å². The first-order valence-electron chi connectivity index (χ1n) is 12.3. The molecule has 0 aliphatic carbocycles. The molecular weight excluding hydrogens is 447 g/mol. The number of ether oxygens (including phenoxy) is 2. The van der Waals surface area contributed by atoms with Gasteiger partial charge in [-0.1, -0.05) is 107 Å². The maximum absolute atomic E-state index is 11.9. The third kappa shape index (κ3) is 14.7. The molecule has 6 heteroatoms. The molecule has 0 saturated heterocycles. The molecule has 0 spiro atoms. The Morgan fingerprint density at radius 2 is 1.25 bits per heavy atom. The number of unbranched alkanes of at least 4 members (excludes halogenated alkanes) is 12. The molecule has 1 aromatic rings. The van der Waals surface area contributed by atoms with Crippen molar-refractivity contribution in [3.8, 4) is 5.75 Å². The van der Waals surface area contributed by atoms with Crippen molar-refractivity contribution in [1.29, 1.82) is 0 Å². The third-order valence-corrected chi connectivity index (χ3v) is 6.21. The van der Waals surface area contributed by atoms with Gasteiger partial charge in [0.15, 0.2) is 5.75 Å². The van der Waals surface area contributed by atoms with Crippen molar-refractivity contribution in [1.82, 2.24) is 0 Å². The normalized spacial score (nSPS) is 10.8. The number of carbonyl (C=O) groups excluding carboxylic acids is 2. The number of esters is 2. The Morgan fingerprint density at radius 3 is 1.88 bits per heavy atom. The second-order valence-corrected chi connectivity index (χ2v) is 9.13. The monoisotopic (exact) mass is 486 g/mol. The summed E-state index contributed by atoms with van der Waals surface area (Å²) in [4.78, 5) is 23.7. The molecule has 4 nitrogen and oxygen atoms in total. The summed E-state index contributed by atoms with van der Waals surface area (Å²) in [5, 5.41) is 0.632. The van der Waals surface area contributed by atoms with Crippen molar-refractivity contribution in [2.45, 2.75) is 110 Å². The van der Waals surface area contributed by atoms with Gasteiger partial charge < -0.3 is 9.47 Å². The number of halogens is 2. The molecule has 0 radical (unpaired) electrons. The Labute approximate surface area is 204 Å². The van der Waals surface area contributed by atoms with Gasteiger partial charge in [-0.05, 0) is 31.4 Å². The molecule has 0 aromatic heterocycles. The second kappa shape index (κ2) is 19.2. The standard InChI is InChI=1S/C26H40Cl2O4/c1-2-3-4-5-6-9-12-15-21-31-24(29)19-13-10-7-8-11-14-20-25(30)32-23-18-16-17-22(27)26(23)28/h16-18H,2-15,19-21H2,1H3. The van der Waals surface area contributed by atoms with Crippen LogP contribution >= 0.6 is 23.2 Å². The summed E-state index contributed by atoms with van der Waals surface area (Å²) < 4.78 is 10.6. The van der Waals surface area contributed by atoms with Crippen LogP contribution in [0.3, 0.4) is 0 Å². The molecular formula is C26H40Cl2O4. The fourth-order valence-electron chi connectivity index (χ4n) is 3.48. The van der Waals surface area contributed by atoms with E-state index in [0.717, 1.165) is 51.4 Å². The van der Waals surface area contributed by atoms with E-state index >= 15 is 0 Å². The Bertz CT molecular complexity index is 649. The van der Waals surface area contributed by atoms with Crippen LogP contribution in [0.25, 0.3) is 0 Å². The lowest BCUT2D eigenvalue weighted by Gasteiger charge is -2.07. The van der Waals surface area contributed by atoms with Crippen LogP contribution in [0.15, 0.2) is 18.2 Å². The summed E-state index contributed by atoms with van der Waals surface area (Å²) in [5.74, 6) is -0.0674. The highest BCUT2D eigenvalue weighted by atomic mass is 35.5. The van der Waals surface area contributed by atoms with Gasteiger partial charge in [0, 0.05) is 12.8 Å². The maximum Gasteiger partial charge on any atom is 0.311 e. The molecule has 0 bridgehead atoms. The predicted octanol–water partition coefficient (Wildman–Crippen LogP) is 8.70. The summed E-state index contributed by atoms with van der Waals surface area (Å²) in [6, 6.07) is 4.98. The lowest BCUT2D eigenvalue weighted by atomic mass is 10.1. The molecule has 0 unspecified atom stereocenters. The van der Waals surface area contributed by atoms with Gasteiger partial charge in [0.2, 0.25) is 0 Å². The lowest BCUT2D eigenvalue weighted by molar-refractivity contribution is -0.144. The van der Waals surface area contributed by atoms with Crippen molar-refractivity contribution in [3.63, 3.8) is 0 Å². The minimum atomic E-state index is -0.298. The molecule has 0 N–H and O–H groups in total. The van der Waals surface area contributed by atoms with Gasteiger partial charge in [-0.3, -0.25) is 9.59 Å². The molecule has 0 atom stereocenters. The van der Waals surface area contributed by atoms with E-state index in [1.807, 2.05) is 0 Å². The van der Waals surface area contributed by atoms with E-state index < -0.39 is 0 Å². The van der Waals surface area contributed by atoms with E-state index in [1.165, 1.54) is 38.5 Å². The van der Waals surface area contributed by atoms with Crippen LogP contribution in [0.4, 0.5) is 0 Å². The topological polar surface area (TPSA) is 52.6 Å². The van der Waals surface area contributed by atoms with Crippen molar-refractivity contribution in [2.24, 2.45) is 0 Å². The SMILES string of the molecule is CCCCCCCCCCOC(=O)CCCCCCCCC(=O)Oc1cccc(Cl)c1Cl. The van der Waals surface area contributed by atoms with Crippen LogP contribution in [-0.2, 0) is 14.3 Å². The van der Waals surface area contributed by atoms with Crippen molar-refractivity contribution in [2.75, 3.05) is 6.61 Å². The molecule has 182 valence electrons. The number of hydrogen-bond acceptors (Lipinski definition) is 4. The largest absolute Gasteiger partial charge is 0.466 e. The number of benzene rings is 1. The van der Waals surface area contributed by atoms with Gasteiger partial charge in [0.05, 0.1) is 11.6 Å². The number of carbonyl (C=O) groups is 2. The van der Waals surface area contributed by atoms with Gasteiger partial charge in [0.1, 0.15) is 5.02 Å². The van der Waals surface area contributed by atoms with E-state index in [0.29, 0.717) is 30.2 Å². The minimum absolute atomic E-state index is 0.0737. The summed E-state index contributed by atoms with van der Waals surface area (Å²) in [6.07, 6.45) is 16.5. The van der Waals surface area contributed by atoms with Crippen molar-refractivity contribution < 1.29 is 19.1 Å². The van der Waals surface area contributed by atoms with E-state index in [1.54, 1.807) is 18.2 Å². The zero-order valence-electron chi connectivity index (χ0n) is 19.6. The Morgan fingerprint density at radius 1 is 0.719 bits per heavy atom. The van der Waals surface area contributed by atoms with Crippen LogP contribution in [0.1, 0.15) is 110 Å². The Kier molecular flexibility index (Phi) is 17.3. The molecule has 0 heterocycles. The van der Waals surface area contributed by atoms with E-state index in [9.17, 15) is 9.59 Å². The molecule has 0 saturated carbocycles. The van der Waals surface area contributed by atoms with Gasteiger partial charge >= 0.3 is 11.9 Å². The highest BCUT2D eigenvalue weighted by molar-refractivity contribution is 6.43. The number of hydrogen-bond donors (Lipinski definition) is 0. The molecule has 0 fully saturated rings. The molecule has 0 aliphatic heterocycles. The van der Waals surface area contributed by atoms with E-state index in [2.05, 4.69) is 6.92 Å². The molecule has 1 aromatic carbocycles. The highest BCUT2D eigenvalue weighted by Gasteiger charge is 2.10.